The van der Waals surface area contributed by atoms with Crippen LogP contribution in [-0.2, 0) is 26.2 Å². The van der Waals surface area contributed by atoms with Gasteiger partial charge >= 0.3 is 0 Å². The molecule has 0 saturated carbocycles. The Bertz CT molecular complexity index is 1310. The number of hydrogen-bond acceptors (Lipinski definition) is 6. The molecule has 2 aromatic carbocycles. The van der Waals surface area contributed by atoms with Crippen LogP contribution in [0.3, 0.4) is 0 Å². The van der Waals surface area contributed by atoms with Crippen molar-refractivity contribution in [3.63, 3.8) is 0 Å². The number of anilines is 1. The van der Waals surface area contributed by atoms with Crippen molar-refractivity contribution in [2.45, 2.75) is 52.7 Å². The minimum absolute atomic E-state index is 0.0127. The van der Waals surface area contributed by atoms with Gasteiger partial charge in [0.25, 0.3) is 5.69 Å². The average molecular weight is 573 g/mol. The molecule has 10 nitrogen and oxygen atoms in total. The number of nitrogens with one attached hydrogen (secondary N) is 1. The monoisotopic (exact) mass is 572 g/mol. The molecule has 0 aliphatic carbocycles. The highest BCUT2D eigenvalue weighted by atomic mass is 35.5. The molecule has 2 rings (SSSR count). The summed E-state index contributed by atoms with van der Waals surface area (Å²) in [6.07, 6.45) is 0.898. The molecule has 2 aromatic rings. The topological polar surface area (TPSA) is 130 Å². The van der Waals surface area contributed by atoms with Crippen LogP contribution in [0.15, 0.2) is 36.4 Å². The fraction of sp³-hybridized carbons (Fsp3) is 0.417. The van der Waals surface area contributed by atoms with E-state index in [4.69, 9.17) is 23.2 Å². The number of carbonyl (C=O) groups is 2. The second-order valence-electron chi connectivity index (χ2n) is 9.67. The number of hydrogen-bond donors (Lipinski definition) is 1. The molecular weight excluding hydrogens is 543 g/mol. The quantitative estimate of drug-likeness (QED) is 0.352. The molecule has 2 amide bonds. The number of carbonyl (C=O) groups excluding carboxylic acids is 2. The normalized spacial score (nSPS) is 12.5. The van der Waals surface area contributed by atoms with Crippen molar-refractivity contribution in [1.82, 2.24) is 10.2 Å². The lowest BCUT2D eigenvalue weighted by atomic mass is 10.1. The van der Waals surface area contributed by atoms with Gasteiger partial charge in [-0.15, -0.1) is 0 Å². The Morgan fingerprint density at radius 1 is 1.14 bits per heavy atom. The van der Waals surface area contributed by atoms with Crippen molar-refractivity contribution in [2.24, 2.45) is 0 Å². The number of aryl methyl sites for hydroxylation is 1. The van der Waals surface area contributed by atoms with E-state index in [2.05, 4.69) is 5.32 Å². The van der Waals surface area contributed by atoms with Crippen molar-refractivity contribution in [3.8, 4) is 0 Å². The zero-order valence-corrected chi connectivity index (χ0v) is 23.7. The Morgan fingerprint density at radius 3 is 2.27 bits per heavy atom. The van der Waals surface area contributed by atoms with Crippen LogP contribution in [0.4, 0.5) is 11.4 Å². The smallest absolute Gasteiger partial charge is 0.271 e. The van der Waals surface area contributed by atoms with Gasteiger partial charge < -0.3 is 10.2 Å². The number of nitro groups is 1. The first kappa shape index (κ1) is 30.3. The Kier molecular flexibility index (Phi) is 9.56. The summed E-state index contributed by atoms with van der Waals surface area (Å²) < 4.78 is 26.3. The second kappa shape index (κ2) is 11.7. The van der Waals surface area contributed by atoms with E-state index in [1.165, 1.54) is 30.0 Å². The third-order valence-corrected chi connectivity index (χ3v) is 7.09. The van der Waals surface area contributed by atoms with Crippen LogP contribution in [-0.4, -0.2) is 54.4 Å². The first-order chi connectivity index (χ1) is 16.9. The SMILES string of the molecule is Cc1ccc([N+](=O)[O-])cc1N(CC(=O)N(Cc1ccc(Cl)cc1Cl)[C@@H](C)C(=O)NC(C)(C)C)S(C)(=O)=O. The number of sulfonamides is 1. The van der Waals surface area contributed by atoms with Crippen LogP contribution in [0.1, 0.15) is 38.8 Å². The van der Waals surface area contributed by atoms with Gasteiger partial charge in [-0.3, -0.25) is 24.0 Å². The molecular formula is C24H30Cl2N4O6S. The second-order valence-corrected chi connectivity index (χ2v) is 12.4. The number of amides is 2. The zero-order valence-electron chi connectivity index (χ0n) is 21.4. The van der Waals surface area contributed by atoms with Crippen molar-refractivity contribution in [3.05, 3.63) is 67.7 Å². The van der Waals surface area contributed by atoms with E-state index >= 15 is 0 Å². The first-order valence-electron chi connectivity index (χ1n) is 11.2. The van der Waals surface area contributed by atoms with Gasteiger partial charge in [0.1, 0.15) is 12.6 Å². The van der Waals surface area contributed by atoms with Crippen molar-refractivity contribution < 1.29 is 22.9 Å². The number of rotatable bonds is 9. The van der Waals surface area contributed by atoms with Gasteiger partial charge in [0.05, 0.1) is 16.9 Å². The maximum absolute atomic E-state index is 13.6. The summed E-state index contributed by atoms with van der Waals surface area (Å²) in [6, 6.07) is 7.43. The van der Waals surface area contributed by atoms with Gasteiger partial charge in [-0.2, -0.15) is 0 Å². The van der Waals surface area contributed by atoms with E-state index in [1.807, 2.05) is 0 Å². The molecule has 0 aromatic heterocycles. The summed E-state index contributed by atoms with van der Waals surface area (Å²) in [4.78, 5) is 38.5. The summed E-state index contributed by atoms with van der Waals surface area (Å²) >= 11 is 12.3. The van der Waals surface area contributed by atoms with Crippen LogP contribution < -0.4 is 9.62 Å². The number of nitro benzene ring substituents is 1. The molecule has 0 radical (unpaired) electrons. The fourth-order valence-electron chi connectivity index (χ4n) is 3.46. The minimum atomic E-state index is -4.05. The summed E-state index contributed by atoms with van der Waals surface area (Å²) in [5.74, 6) is -1.16. The van der Waals surface area contributed by atoms with Crippen molar-refractivity contribution >= 4 is 56.4 Å². The lowest BCUT2D eigenvalue weighted by Crippen LogP contribution is -2.54. The van der Waals surface area contributed by atoms with Gasteiger partial charge in [-0.1, -0.05) is 35.3 Å². The molecule has 13 heteroatoms. The molecule has 37 heavy (non-hydrogen) atoms. The molecule has 0 saturated heterocycles. The van der Waals surface area contributed by atoms with Gasteiger partial charge in [0.2, 0.25) is 21.8 Å². The van der Waals surface area contributed by atoms with Crippen LogP contribution in [0, 0.1) is 17.0 Å². The summed E-state index contributed by atoms with van der Waals surface area (Å²) in [6.45, 7) is 7.65. The number of benzene rings is 2. The standard InChI is InChI=1S/C24H30Cl2N4O6S/c1-15-7-10-19(30(33)34)12-21(15)29(37(6,35)36)14-22(31)28(16(2)23(32)27-24(3,4)5)13-17-8-9-18(25)11-20(17)26/h7-12,16H,13-14H2,1-6H3,(H,27,32)/t16-/m0/s1. The first-order valence-corrected chi connectivity index (χ1v) is 13.8. The fourth-order valence-corrected chi connectivity index (χ4v) is 4.83. The zero-order chi connectivity index (χ0) is 28.3. The predicted octanol–water partition coefficient (Wildman–Crippen LogP) is 4.31. The van der Waals surface area contributed by atoms with E-state index in [0.717, 1.165) is 16.6 Å². The van der Waals surface area contributed by atoms with Crippen LogP contribution >= 0.6 is 23.2 Å². The van der Waals surface area contributed by atoms with Gasteiger partial charge in [-0.05, 0) is 57.9 Å². The molecule has 0 aliphatic heterocycles. The lowest BCUT2D eigenvalue weighted by Gasteiger charge is -2.33. The van der Waals surface area contributed by atoms with Crippen molar-refractivity contribution in [2.75, 3.05) is 17.1 Å². The number of nitrogens with zero attached hydrogens (tertiary/aromatic N) is 3. The average Bonchev–Trinajstić information content (AvgIpc) is 2.74. The third kappa shape index (κ3) is 8.31. The number of non-ortho nitro benzene ring substituents is 1. The van der Waals surface area contributed by atoms with Crippen molar-refractivity contribution in [1.29, 1.82) is 0 Å². The van der Waals surface area contributed by atoms with Crippen LogP contribution in [0.2, 0.25) is 10.0 Å². The molecule has 0 unspecified atom stereocenters. The molecule has 0 heterocycles. The maximum atomic E-state index is 13.6. The molecule has 1 N–H and O–H groups in total. The van der Waals surface area contributed by atoms with Crippen LogP contribution in [0.25, 0.3) is 0 Å². The third-order valence-electron chi connectivity index (χ3n) is 5.37. The number of halogens is 2. The van der Waals surface area contributed by atoms with Crippen LogP contribution in [0.5, 0.6) is 0 Å². The molecule has 202 valence electrons. The minimum Gasteiger partial charge on any atom is -0.350 e. The van der Waals surface area contributed by atoms with Gasteiger partial charge in [-0.25, -0.2) is 8.42 Å². The van der Waals surface area contributed by atoms with E-state index < -0.39 is 44.9 Å². The highest BCUT2D eigenvalue weighted by Crippen LogP contribution is 2.28. The molecule has 0 spiro atoms. The van der Waals surface area contributed by atoms with Gasteiger partial charge in [0, 0.05) is 34.3 Å². The van der Waals surface area contributed by atoms with Gasteiger partial charge in [0.15, 0.2) is 0 Å². The Labute approximate surface area is 226 Å². The van der Waals surface area contributed by atoms with E-state index in [-0.39, 0.29) is 22.9 Å². The lowest BCUT2D eigenvalue weighted by molar-refractivity contribution is -0.384. The highest BCUT2D eigenvalue weighted by Gasteiger charge is 2.32. The molecule has 0 bridgehead atoms. The Balaban J connectivity index is 2.53. The molecule has 1 atom stereocenters. The largest absolute Gasteiger partial charge is 0.350 e. The summed E-state index contributed by atoms with van der Waals surface area (Å²) in [5, 5.41) is 14.8. The molecule has 0 aliphatic rings. The molecule has 0 fully saturated rings. The summed E-state index contributed by atoms with van der Waals surface area (Å²) in [7, 11) is -4.05. The summed E-state index contributed by atoms with van der Waals surface area (Å²) in [5.41, 5.74) is -0.0238. The predicted molar refractivity (Wildman–Crippen MR) is 144 cm³/mol. The highest BCUT2D eigenvalue weighted by molar-refractivity contribution is 7.92. The van der Waals surface area contributed by atoms with E-state index in [1.54, 1.807) is 39.8 Å². The maximum Gasteiger partial charge on any atom is 0.271 e. The Morgan fingerprint density at radius 2 is 1.76 bits per heavy atom. The van der Waals surface area contributed by atoms with E-state index in [0.29, 0.717) is 16.1 Å². The Hall–Kier alpha value is -2.89. The van der Waals surface area contributed by atoms with E-state index in [9.17, 15) is 28.1 Å².